The average Bonchev–Trinajstić information content (AvgIpc) is 2.36. The number of urea groups is 1. The van der Waals surface area contributed by atoms with Crippen molar-refractivity contribution in [3.05, 3.63) is 0 Å². The minimum Gasteiger partial charge on any atom is -0.479 e. The van der Waals surface area contributed by atoms with Crippen molar-refractivity contribution in [2.75, 3.05) is 33.3 Å². The maximum atomic E-state index is 11.3. The minimum absolute atomic E-state index is 0.139. The van der Waals surface area contributed by atoms with Gasteiger partial charge < -0.3 is 15.2 Å². The van der Waals surface area contributed by atoms with E-state index in [1.807, 2.05) is 4.90 Å². The summed E-state index contributed by atoms with van der Waals surface area (Å²) < 4.78 is 5.05. The van der Waals surface area contributed by atoms with Crippen LogP contribution in [-0.4, -0.2) is 67.3 Å². The van der Waals surface area contributed by atoms with Crippen molar-refractivity contribution in [2.45, 2.75) is 12.5 Å². The molecule has 8 heteroatoms. The predicted molar refractivity (Wildman–Crippen MR) is 61.0 cm³/mol. The van der Waals surface area contributed by atoms with Crippen molar-refractivity contribution in [1.82, 2.24) is 15.5 Å². The summed E-state index contributed by atoms with van der Waals surface area (Å²) in [5.41, 5.74) is 0. The van der Waals surface area contributed by atoms with Crippen LogP contribution in [-0.2, 0) is 14.3 Å². The Balaban J connectivity index is 2.28. The molecule has 0 aliphatic carbocycles. The molecule has 1 atom stereocenters. The fourth-order valence-corrected chi connectivity index (χ4v) is 1.57. The van der Waals surface area contributed by atoms with Gasteiger partial charge in [-0.05, 0) is 0 Å². The quantitative estimate of drug-likeness (QED) is 0.574. The maximum absolute atomic E-state index is 11.3. The van der Waals surface area contributed by atoms with Gasteiger partial charge in [0.25, 0.3) is 0 Å². The lowest BCUT2D eigenvalue weighted by molar-refractivity contribution is -0.156. The van der Waals surface area contributed by atoms with Gasteiger partial charge in [-0.3, -0.25) is 15.0 Å². The van der Waals surface area contributed by atoms with Gasteiger partial charge in [0.05, 0.1) is 6.61 Å². The Morgan fingerprint density at radius 2 is 2.17 bits per heavy atom. The van der Waals surface area contributed by atoms with Crippen molar-refractivity contribution in [2.24, 2.45) is 0 Å². The third-order valence-electron chi connectivity index (χ3n) is 2.56. The van der Waals surface area contributed by atoms with Crippen LogP contribution in [0.25, 0.3) is 0 Å². The zero-order valence-electron chi connectivity index (χ0n) is 10.1. The van der Waals surface area contributed by atoms with E-state index in [4.69, 9.17) is 9.84 Å². The molecule has 1 aliphatic rings. The standard InChI is InChI=1S/C10H17N3O5/c1-11-10(17)12-8(14)2-3-13-4-5-18-7(6-13)9(15)16/h7H,2-6H2,1H3,(H,15,16)(H2,11,12,14,17). The summed E-state index contributed by atoms with van der Waals surface area (Å²) in [4.78, 5) is 34.7. The molecule has 0 aromatic heterocycles. The van der Waals surface area contributed by atoms with Gasteiger partial charge in [-0.1, -0.05) is 0 Å². The lowest BCUT2D eigenvalue weighted by Gasteiger charge is -2.30. The summed E-state index contributed by atoms with van der Waals surface area (Å²) in [6.07, 6.45) is -0.708. The fraction of sp³-hybridized carbons (Fsp3) is 0.700. The first-order chi connectivity index (χ1) is 8.52. The lowest BCUT2D eigenvalue weighted by Crippen LogP contribution is -2.47. The third kappa shape index (κ3) is 4.68. The number of carboxylic acid groups (broad SMARTS) is 1. The van der Waals surface area contributed by atoms with Crippen molar-refractivity contribution >= 4 is 17.9 Å². The Morgan fingerprint density at radius 3 is 2.78 bits per heavy atom. The van der Waals surface area contributed by atoms with E-state index in [0.29, 0.717) is 19.7 Å². The Hall–Kier alpha value is -1.67. The summed E-state index contributed by atoms with van der Waals surface area (Å²) in [5, 5.41) is 13.2. The molecule has 3 N–H and O–H groups in total. The molecule has 1 aliphatic heterocycles. The first-order valence-corrected chi connectivity index (χ1v) is 5.61. The lowest BCUT2D eigenvalue weighted by atomic mass is 10.2. The molecule has 0 bridgehead atoms. The van der Waals surface area contributed by atoms with Crippen molar-refractivity contribution < 1.29 is 24.2 Å². The topological polar surface area (TPSA) is 108 Å². The zero-order chi connectivity index (χ0) is 13.5. The summed E-state index contributed by atoms with van der Waals surface area (Å²) in [6, 6.07) is -0.551. The number of nitrogens with zero attached hydrogens (tertiary/aromatic N) is 1. The van der Waals surface area contributed by atoms with Gasteiger partial charge in [0.2, 0.25) is 5.91 Å². The van der Waals surface area contributed by atoms with Crippen LogP contribution >= 0.6 is 0 Å². The van der Waals surface area contributed by atoms with Gasteiger partial charge in [0.15, 0.2) is 6.10 Å². The Kier molecular flexibility index (Phi) is 5.53. The van der Waals surface area contributed by atoms with Gasteiger partial charge in [-0.2, -0.15) is 0 Å². The molecule has 1 saturated heterocycles. The normalized spacial score (nSPS) is 20.2. The Labute approximate surface area is 104 Å². The van der Waals surface area contributed by atoms with E-state index in [1.165, 1.54) is 7.05 Å². The SMILES string of the molecule is CNC(=O)NC(=O)CCN1CCOC(C(=O)O)C1. The molecule has 1 rings (SSSR count). The van der Waals surface area contributed by atoms with Crippen LogP contribution in [0, 0.1) is 0 Å². The number of ether oxygens (including phenoxy) is 1. The van der Waals surface area contributed by atoms with E-state index < -0.39 is 24.0 Å². The van der Waals surface area contributed by atoms with Gasteiger partial charge >= 0.3 is 12.0 Å². The first-order valence-electron chi connectivity index (χ1n) is 5.61. The second kappa shape index (κ2) is 6.92. The highest BCUT2D eigenvalue weighted by Gasteiger charge is 2.26. The summed E-state index contributed by atoms with van der Waals surface area (Å²) in [7, 11) is 1.42. The number of hydrogen-bond acceptors (Lipinski definition) is 5. The summed E-state index contributed by atoms with van der Waals surface area (Å²) in [6.45, 7) is 1.56. The molecule has 102 valence electrons. The molecule has 1 unspecified atom stereocenters. The monoisotopic (exact) mass is 259 g/mol. The van der Waals surface area contributed by atoms with Crippen LogP contribution in [0.2, 0.25) is 0 Å². The third-order valence-corrected chi connectivity index (χ3v) is 2.56. The second-order valence-electron chi connectivity index (χ2n) is 3.88. The van der Waals surface area contributed by atoms with Crippen LogP contribution < -0.4 is 10.6 Å². The number of carbonyl (C=O) groups is 3. The van der Waals surface area contributed by atoms with E-state index in [9.17, 15) is 14.4 Å². The van der Waals surface area contributed by atoms with Gasteiger partial charge in [-0.25, -0.2) is 9.59 Å². The van der Waals surface area contributed by atoms with E-state index in [2.05, 4.69) is 10.6 Å². The Morgan fingerprint density at radius 1 is 1.44 bits per heavy atom. The van der Waals surface area contributed by atoms with Gasteiger partial charge in [0, 0.05) is 33.1 Å². The fourth-order valence-electron chi connectivity index (χ4n) is 1.57. The molecule has 0 saturated carbocycles. The number of morpholine rings is 1. The molecule has 0 spiro atoms. The smallest absolute Gasteiger partial charge is 0.334 e. The molecule has 1 fully saturated rings. The van der Waals surface area contributed by atoms with E-state index in [-0.39, 0.29) is 13.0 Å². The van der Waals surface area contributed by atoms with E-state index >= 15 is 0 Å². The van der Waals surface area contributed by atoms with Crippen molar-refractivity contribution in [3.8, 4) is 0 Å². The van der Waals surface area contributed by atoms with Gasteiger partial charge in [0.1, 0.15) is 0 Å². The van der Waals surface area contributed by atoms with Gasteiger partial charge in [-0.15, -0.1) is 0 Å². The number of rotatable bonds is 4. The summed E-state index contributed by atoms with van der Waals surface area (Å²) in [5.74, 6) is -1.40. The first kappa shape index (κ1) is 14.4. The number of aliphatic carboxylic acids is 1. The number of nitrogens with one attached hydrogen (secondary N) is 2. The number of amides is 3. The molecule has 1 heterocycles. The predicted octanol–water partition coefficient (Wildman–Crippen LogP) is -1.38. The Bertz CT molecular complexity index is 333. The van der Waals surface area contributed by atoms with E-state index in [1.54, 1.807) is 0 Å². The molecule has 0 radical (unpaired) electrons. The molecule has 0 aromatic rings. The minimum atomic E-state index is -1.01. The molecule has 3 amide bonds. The van der Waals surface area contributed by atoms with Crippen LogP contribution in [0.5, 0.6) is 0 Å². The van der Waals surface area contributed by atoms with Crippen LogP contribution in [0.1, 0.15) is 6.42 Å². The second-order valence-corrected chi connectivity index (χ2v) is 3.88. The zero-order valence-corrected chi connectivity index (χ0v) is 10.1. The summed E-state index contributed by atoms with van der Waals surface area (Å²) >= 11 is 0. The van der Waals surface area contributed by atoms with E-state index in [0.717, 1.165) is 0 Å². The van der Waals surface area contributed by atoms with Crippen LogP contribution in [0.15, 0.2) is 0 Å². The van der Waals surface area contributed by atoms with Crippen molar-refractivity contribution in [3.63, 3.8) is 0 Å². The molecular weight excluding hydrogens is 242 g/mol. The molecular formula is C10H17N3O5. The number of carboxylic acids is 1. The number of hydrogen-bond donors (Lipinski definition) is 3. The number of imide groups is 1. The average molecular weight is 259 g/mol. The van der Waals surface area contributed by atoms with Crippen molar-refractivity contribution in [1.29, 1.82) is 0 Å². The molecule has 0 aromatic carbocycles. The maximum Gasteiger partial charge on any atom is 0.334 e. The highest BCUT2D eigenvalue weighted by molar-refractivity contribution is 5.94. The van der Waals surface area contributed by atoms with Crippen LogP contribution in [0.3, 0.4) is 0 Å². The molecule has 18 heavy (non-hydrogen) atoms. The molecule has 8 nitrogen and oxygen atoms in total. The highest BCUT2D eigenvalue weighted by Crippen LogP contribution is 2.05. The number of carbonyl (C=O) groups excluding carboxylic acids is 2. The highest BCUT2D eigenvalue weighted by atomic mass is 16.5. The van der Waals surface area contributed by atoms with Crippen LogP contribution in [0.4, 0.5) is 4.79 Å². The largest absolute Gasteiger partial charge is 0.479 e.